The molecule has 1 aliphatic heterocycles. The first-order valence-corrected chi connectivity index (χ1v) is 12.5. The van der Waals surface area contributed by atoms with Gasteiger partial charge in [-0.25, -0.2) is 9.79 Å². The summed E-state index contributed by atoms with van der Waals surface area (Å²) in [4.78, 5) is 32.1. The fourth-order valence-electron chi connectivity index (χ4n) is 3.33. The number of esters is 1. The number of nitrogens with zero attached hydrogens (tertiary/aromatic N) is 2. The van der Waals surface area contributed by atoms with Crippen LogP contribution in [0.1, 0.15) is 30.3 Å². The van der Waals surface area contributed by atoms with E-state index in [1.165, 1.54) is 22.7 Å². The number of ether oxygens (including phenoxy) is 1. The number of hydrogen-bond donors (Lipinski definition) is 1. The van der Waals surface area contributed by atoms with Crippen LogP contribution in [0, 0.1) is 0 Å². The number of allylic oxidation sites excluding steroid dienone is 1. The van der Waals surface area contributed by atoms with Gasteiger partial charge in [0.1, 0.15) is 11.8 Å². The maximum absolute atomic E-state index is 13.4. The number of aromatic nitrogens is 1. The van der Waals surface area contributed by atoms with Crippen molar-refractivity contribution in [3.05, 3.63) is 80.0 Å². The molecule has 1 aliphatic rings. The highest BCUT2D eigenvalue weighted by molar-refractivity contribution is 9.11. The van der Waals surface area contributed by atoms with Crippen molar-refractivity contribution in [3.63, 3.8) is 0 Å². The number of aromatic hydroxyl groups is 1. The monoisotopic (exact) mass is 582 g/mol. The molecule has 160 valence electrons. The Morgan fingerprint density at radius 3 is 2.68 bits per heavy atom. The van der Waals surface area contributed by atoms with Crippen LogP contribution < -0.4 is 14.9 Å². The van der Waals surface area contributed by atoms with E-state index in [1.807, 2.05) is 17.5 Å². The van der Waals surface area contributed by atoms with Gasteiger partial charge in [-0.05, 0) is 80.9 Å². The first-order valence-electron chi connectivity index (χ1n) is 9.23. The van der Waals surface area contributed by atoms with Crippen LogP contribution in [-0.2, 0) is 9.53 Å². The van der Waals surface area contributed by atoms with Gasteiger partial charge in [-0.15, -0.1) is 11.3 Å². The predicted octanol–water partition coefficient (Wildman–Crippen LogP) is 4.09. The molecule has 0 amide bonds. The second-order valence-corrected chi connectivity index (χ2v) is 10.3. The van der Waals surface area contributed by atoms with Gasteiger partial charge in [0.25, 0.3) is 5.56 Å². The molecule has 0 saturated carbocycles. The molecule has 0 radical (unpaired) electrons. The summed E-state index contributed by atoms with van der Waals surface area (Å²) in [7, 11) is 0. The Morgan fingerprint density at radius 2 is 2.06 bits per heavy atom. The molecular formula is C21H16Br2N2O4S2. The van der Waals surface area contributed by atoms with Gasteiger partial charge in [0.15, 0.2) is 4.80 Å². The molecule has 0 spiro atoms. The zero-order valence-electron chi connectivity index (χ0n) is 16.4. The highest BCUT2D eigenvalue weighted by atomic mass is 79.9. The van der Waals surface area contributed by atoms with Crippen molar-refractivity contribution >= 4 is 66.6 Å². The van der Waals surface area contributed by atoms with E-state index in [0.717, 1.165) is 10.4 Å². The lowest BCUT2D eigenvalue weighted by Crippen LogP contribution is -2.39. The predicted molar refractivity (Wildman–Crippen MR) is 128 cm³/mol. The molecule has 0 saturated heterocycles. The van der Waals surface area contributed by atoms with Crippen LogP contribution in [0.15, 0.2) is 59.6 Å². The van der Waals surface area contributed by atoms with Crippen molar-refractivity contribution in [2.75, 3.05) is 6.61 Å². The minimum atomic E-state index is -0.587. The van der Waals surface area contributed by atoms with E-state index in [4.69, 9.17) is 4.74 Å². The average Bonchev–Trinajstić information content (AvgIpc) is 3.34. The quantitative estimate of drug-likeness (QED) is 0.469. The number of halogens is 2. The van der Waals surface area contributed by atoms with Crippen LogP contribution in [0.25, 0.3) is 6.08 Å². The van der Waals surface area contributed by atoms with Crippen LogP contribution in [-0.4, -0.2) is 22.2 Å². The Labute approximate surface area is 202 Å². The molecule has 3 aromatic rings. The molecule has 1 N–H and O–H groups in total. The molecule has 10 heteroatoms. The van der Waals surface area contributed by atoms with Crippen molar-refractivity contribution < 1.29 is 14.6 Å². The molecule has 0 unspecified atom stereocenters. The summed E-state index contributed by atoms with van der Waals surface area (Å²) in [6, 6.07) is 6.66. The number of phenols is 1. The van der Waals surface area contributed by atoms with E-state index in [-0.39, 0.29) is 17.9 Å². The van der Waals surface area contributed by atoms with Crippen LogP contribution in [0.4, 0.5) is 0 Å². The molecule has 3 heterocycles. The number of rotatable bonds is 4. The zero-order chi connectivity index (χ0) is 22.3. The number of benzene rings is 1. The molecule has 1 aromatic carbocycles. The highest BCUT2D eigenvalue weighted by Crippen LogP contribution is 2.34. The standard InChI is InChI=1S/C21H16Br2N2O4S2/c1-3-29-20(28)16-10(2)24-21-25(17(16)14-5-4-6-30-14)19(27)15(31-21)9-11-7-12(22)18(26)13(23)8-11/h4-9,17,26H,3H2,1-2H3/b15-9+/t17-/m1/s1. The number of thiazole rings is 1. The first-order chi connectivity index (χ1) is 14.8. The van der Waals surface area contributed by atoms with Gasteiger partial charge >= 0.3 is 5.97 Å². The van der Waals surface area contributed by atoms with Crippen LogP contribution in [0.3, 0.4) is 0 Å². The maximum atomic E-state index is 13.4. The normalized spacial score (nSPS) is 16.3. The minimum absolute atomic E-state index is 0.0889. The third-order valence-electron chi connectivity index (χ3n) is 4.67. The van der Waals surface area contributed by atoms with Crippen molar-refractivity contribution in [2.24, 2.45) is 4.99 Å². The molecule has 6 nitrogen and oxygen atoms in total. The number of carbonyl (C=O) groups is 1. The summed E-state index contributed by atoms with van der Waals surface area (Å²) < 4.78 is 8.33. The van der Waals surface area contributed by atoms with Gasteiger partial charge in [0.2, 0.25) is 0 Å². The molecule has 0 fully saturated rings. The molecular weight excluding hydrogens is 568 g/mol. The van der Waals surface area contributed by atoms with Crippen LogP contribution in [0.2, 0.25) is 0 Å². The summed E-state index contributed by atoms with van der Waals surface area (Å²) in [6.45, 7) is 3.75. The number of phenolic OH excluding ortho intramolecular Hbond substituents is 1. The summed E-state index contributed by atoms with van der Waals surface area (Å²) in [5.74, 6) is -0.381. The SMILES string of the molecule is CCOC(=O)C1=C(C)N=c2s/c(=C/c3cc(Br)c(O)c(Br)c3)c(=O)n2[C@@H]1c1cccs1. The Morgan fingerprint density at radius 1 is 1.35 bits per heavy atom. The second-order valence-electron chi connectivity index (χ2n) is 6.65. The number of thiophene rings is 1. The van der Waals surface area contributed by atoms with Gasteiger partial charge in [-0.1, -0.05) is 17.4 Å². The van der Waals surface area contributed by atoms with Crippen molar-refractivity contribution in [1.82, 2.24) is 4.57 Å². The zero-order valence-corrected chi connectivity index (χ0v) is 21.2. The highest BCUT2D eigenvalue weighted by Gasteiger charge is 2.33. The lowest BCUT2D eigenvalue weighted by molar-refractivity contribution is -0.139. The molecule has 1 atom stereocenters. The fourth-order valence-corrected chi connectivity index (χ4v) is 6.42. The Bertz CT molecular complexity index is 1360. The molecule has 0 bridgehead atoms. The van der Waals surface area contributed by atoms with Gasteiger partial charge in [-0.3, -0.25) is 9.36 Å². The first kappa shape index (κ1) is 22.2. The average molecular weight is 584 g/mol. The summed E-state index contributed by atoms with van der Waals surface area (Å²) >= 11 is 9.36. The van der Waals surface area contributed by atoms with E-state index in [9.17, 15) is 14.7 Å². The molecule has 2 aromatic heterocycles. The lowest BCUT2D eigenvalue weighted by Gasteiger charge is -2.23. The van der Waals surface area contributed by atoms with Crippen LogP contribution in [0.5, 0.6) is 5.75 Å². The largest absolute Gasteiger partial charge is 0.506 e. The Hall–Kier alpha value is -2.01. The third kappa shape index (κ3) is 4.09. The summed E-state index contributed by atoms with van der Waals surface area (Å²) in [6.07, 6.45) is 1.74. The summed E-state index contributed by atoms with van der Waals surface area (Å²) in [5.41, 5.74) is 1.41. The Kier molecular flexibility index (Phi) is 6.34. The molecule has 4 rings (SSSR count). The van der Waals surface area contributed by atoms with Crippen molar-refractivity contribution in [1.29, 1.82) is 0 Å². The van der Waals surface area contributed by atoms with Gasteiger partial charge in [0.05, 0.1) is 31.4 Å². The number of carbonyl (C=O) groups excluding carboxylic acids is 1. The van der Waals surface area contributed by atoms with Gasteiger partial charge < -0.3 is 9.84 Å². The van der Waals surface area contributed by atoms with E-state index in [0.29, 0.717) is 29.5 Å². The van der Waals surface area contributed by atoms with E-state index in [1.54, 1.807) is 36.6 Å². The Balaban J connectivity index is 1.94. The lowest BCUT2D eigenvalue weighted by atomic mass is 10.0. The topological polar surface area (TPSA) is 80.9 Å². The second kappa shape index (κ2) is 8.85. The maximum Gasteiger partial charge on any atom is 0.338 e. The van der Waals surface area contributed by atoms with E-state index >= 15 is 0 Å². The van der Waals surface area contributed by atoms with E-state index in [2.05, 4.69) is 36.9 Å². The fraction of sp³-hybridized carbons (Fsp3) is 0.190. The van der Waals surface area contributed by atoms with E-state index < -0.39 is 12.0 Å². The minimum Gasteiger partial charge on any atom is -0.506 e. The molecule has 0 aliphatic carbocycles. The molecule has 31 heavy (non-hydrogen) atoms. The van der Waals surface area contributed by atoms with Crippen molar-refractivity contribution in [3.8, 4) is 5.75 Å². The number of fused-ring (bicyclic) bond motifs is 1. The smallest absolute Gasteiger partial charge is 0.338 e. The van der Waals surface area contributed by atoms with Crippen molar-refractivity contribution in [2.45, 2.75) is 19.9 Å². The third-order valence-corrected chi connectivity index (χ3v) is 7.78. The number of hydrogen-bond acceptors (Lipinski definition) is 7. The van der Waals surface area contributed by atoms with Gasteiger partial charge in [-0.2, -0.15) is 0 Å². The summed E-state index contributed by atoms with van der Waals surface area (Å²) in [5, 5.41) is 11.9. The van der Waals surface area contributed by atoms with Gasteiger partial charge in [0, 0.05) is 4.88 Å². The van der Waals surface area contributed by atoms with Crippen LogP contribution >= 0.6 is 54.5 Å².